The highest BCUT2D eigenvalue weighted by Crippen LogP contribution is 2.33. The molecule has 1 atom stereocenters. The maximum atomic E-state index is 14.2. The molecule has 0 aliphatic carbocycles. The van der Waals surface area contributed by atoms with E-state index in [-0.39, 0.29) is 23.3 Å². The molecule has 1 aliphatic rings. The van der Waals surface area contributed by atoms with Gasteiger partial charge in [0.05, 0.1) is 34.5 Å². The first-order valence-electron chi connectivity index (χ1n) is 10.0. The van der Waals surface area contributed by atoms with Gasteiger partial charge in [-0.25, -0.2) is 13.8 Å². The summed E-state index contributed by atoms with van der Waals surface area (Å²) >= 11 is 5.12. The van der Waals surface area contributed by atoms with Crippen LogP contribution in [-0.4, -0.2) is 37.3 Å². The standard InChI is InChI=1S/C22H19F2N5OS/c23-13-5-3-4-12(8-13)17-11-25-20(26-17)18-6-1-2-7-29(18)21(30)15-9-14(24)10-16-19(15)28-22(31)27-16/h3-5,8-11,18H,1-2,6-7H2,(H,25,26)(H2,27,28,31). The third-order valence-corrected chi connectivity index (χ3v) is 5.83. The van der Waals surface area contributed by atoms with Crippen LogP contribution in [0.25, 0.3) is 22.3 Å². The van der Waals surface area contributed by atoms with Crippen LogP contribution >= 0.6 is 12.2 Å². The van der Waals surface area contributed by atoms with E-state index in [1.54, 1.807) is 23.2 Å². The Morgan fingerprint density at radius 3 is 2.81 bits per heavy atom. The summed E-state index contributed by atoms with van der Waals surface area (Å²) in [7, 11) is 0. The molecule has 1 aliphatic heterocycles. The van der Waals surface area contributed by atoms with Gasteiger partial charge in [0.25, 0.3) is 5.91 Å². The normalized spacial score (nSPS) is 16.7. The molecule has 1 amide bonds. The van der Waals surface area contributed by atoms with Crippen molar-refractivity contribution in [2.75, 3.05) is 6.54 Å². The number of amides is 1. The van der Waals surface area contributed by atoms with Gasteiger partial charge in [-0.15, -0.1) is 0 Å². The summed E-state index contributed by atoms with van der Waals surface area (Å²) in [6.07, 6.45) is 4.16. The first-order valence-corrected chi connectivity index (χ1v) is 10.4. The molecule has 0 radical (unpaired) electrons. The third-order valence-electron chi connectivity index (χ3n) is 5.63. The van der Waals surface area contributed by atoms with Crippen LogP contribution in [0.15, 0.2) is 42.6 Å². The molecule has 9 heteroatoms. The van der Waals surface area contributed by atoms with Gasteiger partial charge in [-0.05, 0) is 55.7 Å². The molecule has 1 unspecified atom stereocenters. The average Bonchev–Trinajstić information content (AvgIpc) is 3.39. The van der Waals surface area contributed by atoms with Gasteiger partial charge >= 0.3 is 0 Å². The fraction of sp³-hybridized carbons (Fsp3) is 0.227. The SMILES string of the molecule is O=C(c1cc(F)cc2[nH]c(=S)[nH]c12)N1CCCCC1c1ncc(-c2cccc(F)c2)[nH]1. The Bertz CT molecular complexity index is 1340. The number of benzene rings is 2. The Balaban J connectivity index is 1.51. The average molecular weight is 439 g/mol. The molecule has 2 aromatic carbocycles. The lowest BCUT2D eigenvalue weighted by molar-refractivity contribution is 0.0602. The van der Waals surface area contributed by atoms with Gasteiger partial charge in [0.2, 0.25) is 0 Å². The highest BCUT2D eigenvalue weighted by atomic mass is 32.1. The summed E-state index contributed by atoms with van der Waals surface area (Å²) in [5, 5.41) is 0. The lowest BCUT2D eigenvalue weighted by atomic mass is 9.99. The number of hydrogen-bond donors (Lipinski definition) is 3. The van der Waals surface area contributed by atoms with Crippen LogP contribution in [0.5, 0.6) is 0 Å². The van der Waals surface area contributed by atoms with Gasteiger partial charge in [0.1, 0.15) is 17.5 Å². The molecular weight excluding hydrogens is 420 g/mol. The second-order valence-corrected chi connectivity index (χ2v) is 8.07. The van der Waals surface area contributed by atoms with Crippen LogP contribution in [0, 0.1) is 16.4 Å². The fourth-order valence-electron chi connectivity index (χ4n) is 4.20. The van der Waals surface area contributed by atoms with E-state index < -0.39 is 5.82 Å². The largest absolute Gasteiger partial charge is 0.340 e. The zero-order valence-electron chi connectivity index (χ0n) is 16.4. The predicted octanol–water partition coefficient (Wildman–Crippen LogP) is 5.26. The van der Waals surface area contributed by atoms with Crippen LogP contribution in [0.1, 0.15) is 41.5 Å². The highest BCUT2D eigenvalue weighted by molar-refractivity contribution is 7.71. The van der Waals surface area contributed by atoms with Crippen LogP contribution in [0.2, 0.25) is 0 Å². The van der Waals surface area contributed by atoms with Crippen LogP contribution in [-0.2, 0) is 0 Å². The Kier molecular flexibility index (Phi) is 4.90. The molecule has 2 aromatic heterocycles. The van der Waals surface area contributed by atoms with Crippen molar-refractivity contribution in [2.45, 2.75) is 25.3 Å². The first-order chi connectivity index (χ1) is 15.0. The molecule has 0 spiro atoms. The van der Waals surface area contributed by atoms with E-state index in [4.69, 9.17) is 12.2 Å². The Labute approximate surface area is 181 Å². The van der Waals surface area contributed by atoms with Crippen molar-refractivity contribution in [3.8, 4) is 11.3 Å². The van der Waals surface area contributed by atoms with E-state index in [0.29, 0.717) is 39.4 Å². The fourth-order valence-corrected chi connectivity index (χ4v) is 4.41. The second-order valence-electron chi connectivity index (χ2n) is 7.66. The molecule has 3 N–H and O–H groups in total. The lowest BCUT2D eigenvalue weighted by Gasteiger charge is -2.34. The summed E-state index contributed by atoms with van der Waals surface area (Å²) in [6, 6.07) is 8.50. The zero-order chi connectivity index (χ0) is 21.5. The predicted molar refractivity (Wildman–Crippen MR) is 115 cm³/mol. The minimum Gasteiger partial charge on any atom is -0.340 e. The topological polar surface area (TPSA) is 80.6 Å². The summed E-state index contributed by atoms with van der Waals surface area (Å²) in [4.78, 5) is 28.7. The second kappa shape index (κ2) is 7.73. The van der Waals surface area contributed by atoms with Gasteiger partial charge in [-0.1, -0.05) is 12.1 Å². The summed E-state index contributed by atoms with van der Waals surface area (Å²) < 4.78 is 28.1. The maximum absolute atomic E-state index is 14.2. The van der Waals surface area contributed by atoms with Crippen LogP contribution in [0.3, 0.4) is 0 Å². The number of likely N-dealkylation sites (tertiary alicyclic amines) is 1. The van der Waals surface area contributed by atoms with E-state index in [1.807, 2.05) is 0 Å². The van der Waals surface area contributed by atoms with Crippen molar-refractivity contribution >= 4 is 29.2 Å². The molecule has 158 valence electrons. The quantitative estimate of drug-likeness (QED) is 0.381. The number of nitrogens with zero attached hydrogens (tertiary/aromatic N) is 2. The number of rotatable bonds is 3. The number of aromatic amines is 3. The molecule has 3 heterocycles. The minimum absolute atomic E-state index is 0.228. The number of carbonyl (C=O) groups is 1. The zero-order valence-corrected chi connectivity index (χ0v) is 17.2. The van der Waals surface area contributed by atoms with Crippen molar-refractivity contribution in [2.24, 2.45) is 0 Å². The molecule has 1 saturated heterocycles. The van der Waals surface area contributed by atoms with Crippen molar-refractivity contribution in [1.29, 1.82) is 0 Å². The van der Waals surface area contributed by atoms with Crippen LogP contribution < -0.4 is 0 Å². The van der Waals surface area contributed by atoms with Crippen molar-refractivity contribution < 1.29 is 13.6 Å². The number of aromatic nitrogens is 4. The number of piperidine rings is 1. The van der Waals surface area contributed by atoms with E-state index in [0.717, 1.165) is 19.3 Å². The molecule has 4 aromatic rings. The number of imidazole rings is 2. The molecule has 0 saturated carbocycles. The van der Waals surface area contributed by atoms with E-state index in [1.165, 1.54) is 24.3 Å². The molecule has 6 nitrogen and oxygen atoms in total. The van der Waals surface area contributed by atoms with E-state index in [2.05, 4.69) is 19.9 Å². The molecule has 1 fully saturated rings. The smallest absolute Gasteiger partial charge is 0.256 e. The first kappa shape index (κ1) is 19.6. The summed E-state index contributed by atoms with van der Waals surface area (Å²) in [5.74, 6) is -0.506. The number of fused-ring (bicyclic) bond motifs is 1. The number of H-pyrrole nitrogens is 3. The van der Waals surface area contributed by atoms with Crippen molar-refractivity contribution in [3.05, 3.63) is 70.4 Å². The lowest BCUT2D eigenvalue weighted by Crippen LogP contribution is -2.39. The van der Waals surface area contributed by atoms with Gasteiger partial charge < -0.3 is 19.9 Å². The van der Waals surface area contributed by atoms with Gasteiger partial charge in [0.15, 0.2) is 4.77 Å². The number of carbonyl (C=O) groups excluding carboxylic acids is 1. The Morgan fingerprint density at radius 2 is 1.97 bits per heavy atom. The monoisotopic (exact) mass is 439 g/mol. The molecule has 5 rings (SSSR count). The molecule has 0 bridgehead atoms. The number of halogens is 2. The van der Waals surface area contributed by atoms with Crippen molar-refractivity contribution in [3.63, 3.8) is 0 Å². The van der Waals surface area contributed by atoms with E-state index >= 15 is 0 Å². The Hall–Kier alpha value is -3.33. The summed E-state index contributed by atoms with van der Waals surface area (Å²) in [6.45, 7) is 0.530. The van der Waals surface area contributed by atoms with Crippen LogP contribution in [0.4, 0.5) is 8.78 Å². The van der Waals surface area contributed by atoms with Gasteiger partial charge in [0, 0.05) is 12.1 Å². The minimum atomic E-state index is -0.513. The maximum Gasteiger partial charge on any atom is 0.256 e. The number of nitrogens with one attached hydrogen (secondary N) is 3. The van der Waals surface area contributed by atoms with Crippen molar-refractivity contribution in [1.82, 2.24) is 24.8 Å². The molecule has 31 heavy (non-hydrogen) atoms. The highest BCUT2D eigenvalue weighted by Gasteiger charge is 2.32. The van der Waals surface area contributed by atoms with E-state index in [9.17, 15) is 13.6 Å². The number of hydrogen-bond acceptors (Lipinski definition) is 3. The third kappa shape index (κ3) is 3.65. The molecular formula is C22H19F2N5OS. The van der Waals surface area contributed by atoms with Gasteiger partial charge in [-0.2, -0.15) is 0 Å². The summed E-state index contributed by atoms with van der Waals surface area (Å²) in [5.41, 5.74) is 2.52. The Morgan fingerprint density at radius 1 is 1.10 bits per heavy atom. The van der Waals surface area contributed by atoms with Gasteiger partial charge in [-0.3, -0.25) is 4.79 Å².